The molecule has 0 N–H and O–H groups in total. The SMILES string of the molecule is COc1ccc(C2=C(N3CCCC(C)C3)C(=O)N(c3cccc(Cl)c3C)C2=O)cc1. The second-order valence-corrected chi connectivity index (χ2v) is 8.38. The summed E-state index contributed by atoms with van der Waals surface area (Å²) in [4.78, 5) is 30.6. The number of hydrogen-bond donors (Lipinski definition) is 0. The van der Waals surface area contributed by atoms with Gasteiger partial charge in [-0.25, -0.2) is 4.90 Å². The van der Waals surface area contributed by atoms with E-state index in [1.807, 2.05) is 31.2 Å². The molecule has 0 bridgehead atoms. The number of piperidine rings is 1. The first-order valence-electron chi connectivity index (χ1n) is 10.2. The molecule has 2 aliphatic heterocycles. The lowest BCUT2D eigenvalue weighted by molar-refractivity contribution is -0.120. The van der Waals surface area contributed by atoms with Gasteiger partial charge in [-0.1, -0.05) is 36.7 Å². The molecule has 0 radical (unpaired) electrons. The van der Waals surface area contributed by atoms with E-state index < -0.39 is 0 Å². The molecule has 4 rings (SSSR count). The van der Waals surface area contributed by atoms with Crippen molar-refractivity contribution in [1.82, 2.24) is 4.90 Å². The van der Waals surface area contributed by atoms with Gasteiger partial charge in [0, 0.05) is 18.1 Å². The minimum absolute atomic E-state index is 0.287. The number of imide groups is 1. The topological polar surface area (TPSA) is 49.9 Å². The average molecular weight is 425 g/mol. The minimum atomic E-state index is -0.316. The number of carbonyl (C=O) groups excluding carboxylic acids is 2. The lowest BCUT2D eigenvalue weighted by Gasteiger charge is -2.33. The molecule has 156 valence electrons. The van der Waals surface area contributed by atoms with Crippen molar-refractivity contribution < 1.29 is 14.3 Å². The largest absolute Gasteiger partial charge is 0.497 e. The van der Waals surface area contributed by atoms with Crippen LogP contribution in [0.5, 0.6) is 5.75 Å². The number of ether oxygens (including phenoxy) is 1. The number of hydrogen-bond acceptors (Lipinski definition) is 4. The number of carbonyl (C=O) groups is 2. The summed E-state index contributed by atoms with van der Waals surface area (Å²) >= 11 is 6.29. The summed E-state index contributed by atoms with van der Waals surface area (Å²) in [6, 6.07) is 12.6. The van der Waals surface area contributed by atoms with Gasteiger partial charge in [0.25, 0.3) is 11.8 Å². The van der Waals surface area contributed by atoms with E-state index in [1.165, 1.54) is 4.90 Å². The van der Waals surface area contributed by atoms with E-state index in [-0.39, 0.29) is 11.8 Å². The van der Waals surface area contributed by atoms with Crippen LogP contribution in [-0.4, -0.2) is 36.9 Å². The average Bonchev–Trinajstić information content (AvgIpc) is 3.00. The van der Waals surface area contributed by atoms with E-state index in [1.54, 1.807) is 25.3 Å². The molecule has 30 heavy (non-hydrogen) atoms. The van der Waals surface area contributed by atoms with Gasteiger partial charge in [-0.3, -0.25) is 9.59 Å². The lowest BCUT2D eigenvalue weighted by atomic mass is 9.98. The van der Waals surface area contributed by atoms with Gasteiger partial charge in [0.1, 0.15) is 11.4 Å². The van der Waals surface area contributed by atoms with Crippen LogP contribution in [0.2, 0.25) is 5.02 Å². The first kappa shape index (κ1) is 20.5. The predicted molar refractivity (Wildman–Crippen MR) is 119 cm³/mol. The fourth-order valence-corrected chi connectivity index (χ4v) is 4.45. The van der Waals surface area contributed by atoms with Gasteiger partial charge in [-0.05, 0) is 61.1 Å². The number of methoxy groups -OCH3 is 1. The second-order valence-electron chi connectivity index (χ2n) is 7.98. The van der Waals surface area contributed by atoms with Crippen LogP contribution >= 0.6 is 11.6 Å². The van der Waals surface area contributed by atoms with E-state index in [9.17, 15) is 9.59 Å². The third-order valence-electron chi connectivity index (χ3n) is 5.89. The maximum absolute atomic E-state index is 13.6. The fourth-order valence-electron chi connectivity index (χ4n) is 4.28. The summed E-state index contributed by atoms with van der Waals surface area (Å²) in [6.07, 6.45) is 2.12. The number of likely N-dealkylation sites (tertiary alicyclic amines) is 1. The van der Waals surface area contributed by atoms with Crippen LogP contribution in [0.3, 0.4) is 0 Å². The highest BCUT2D eigenvalue weighted by Crippen LogP contribution is 2.38. The monoisotopic (exact) mass is 424 g/mol. The molecule has 2 heterocycles. The summed E-state index contributed by atoms with van der Waals surface area (Å²) in [5, 5.41) is 0.527. The molecular formula is C24H25ClN2O3. The molecule has 1 fully saturated rings. The summed E-state index contributed by atoms with van der Waals surface area (Å²) in [6.45, 7) is 5.53. The van der Waals surface area contributed by atoms with Crippen LogP contribution in [-0.2, 0) is 9.59 Å². The Morgan fingerprint density at radius 2 is 1.80 bits per heavy atom. The first-order valence-corrected chi connectivity index (χ1v) is 10.6. The maximum atomic E-state index is 13.6. The quantitative estimate of drug-likeness (QED) is 0.669. The van der Waals surface area contributed by atoms with Crippen molar-refractivity contribution in [1.29, 1.82) is 0 Å². The zero-order valence-corrected chi connectivity index (χ0v) is 18.2. The van der Waals surface area contributed by atoms with Gasteiger partial charge in [0.15, 0.2) is 0 Å². The van der Waals surface area contributed by atoms with Crippen molar-refractivity contribution in [3.63, 3.8) is 0 Å². The molecule has 0 spiro atoms. The number of anilines is 1. The number of amides is 2. The van der Waals surface area contributed by atoms with E-state index in [4.69, 9.17) is 16.3 Å². The van der Waals surface area contributed by atoms with Crippen molar-refractivity contribution >= 4 is 34.7 Å². The molecular weight excluding hydrogens is 400 g/mol. The van der Waals surface area contributed by atoms with Crippen LogP contribution < -0.4 is 9.64 Å². The van der Waals surface area contributed by atoms with Gasteiger partial charge in [-0.2, -0.15) is 0 Å². The fraction of sp³-hybridized carbons (Fsp3) is 0.333. The number of halogens is 1. The summed E-state index contributed by atoms with van der Waals surface area (Å²) in [5.41, 5.74) is 2.88. The Morgan fingerprint density at radius 3 is 2.47 bits per heavy atom. The van der Waals surface area contributed by atoms with Crippen LogP contribution in [0.15, 0.2) is 48.2 Å². The van der Waals surface area contributed by atoms with E-state index in [2.05, 4.69) is 11.8 Å². The van der Waals surface area contributed by atoms with Crippen LogP contribution in [0.25, 0.3) is 5.57 Å². The predicted octanol–water partition coefficient (Wildman–Crippen LogP) is 4.67. The molecule has 0 aliphatic carbocycles. The zero-order valence-electron chi connectivity index (χ0n) is 17.4. The Labute approximate surface area is 181 Å². The molecule has 0 saturated carbocycles. The highest BCUT2D eigenvalue weighted by Gasteiger charge is 2.43. The highest BCUT2D eigenvalue weighted by molar-refractivity contribution is 6.46. The molecule has 0 aromatic heterocycles. The summed E-state index contributed by atoms with van der Waals surface area (Å²) < 4.78 is 5.25. The third kappa shape index (κ3) is 3.47. The number of rotatable bonds is 4. The normalized spacial score (nSPS) is 19.7. The minimum Gasteiger partial charge on any atom is -0.497 e. The number of benzene rings is 2. The Balaban J connectivity index is 1.84. The summed E-state index contributed by atoms with van der Waals surface area (Å²) in [7, 11) is 1.60. The second kappa shape index (κ2) is 8.15. The van der Waals surface area contributed by atoms with Crippen LogP contribution in [0.4, 0.5) is 5.69 Å². The van der Waals surface area contributed by atoms with Gasteiger partial charge in [0.2, 0.25) is 0 Å². The molecule has 6 heteroatoms. The van der Waals surface area contributed by atoms with Crippen molar-refractivity contribution in [2.45, 2.75) is 26.7 Å². The zero-order chi connectivity index (χ0) is 21.4. The molecule has 2 aliphatic rings. The van der Waals surface area contributed by atoms with Crippen molar-refractivity contribution in [3.05, 3.63) is 64.3 Å². The van der Waals surface area contributed by atoms with Gasteiger partial charge >= 0.3 is 0 Å². The smallest absolute Gasteiger partial charge is 0.282 e. The Hall–Kier alpha value is -2.79. The maximum Gasteiger partial charge on any atom is 0.282 e. The van der Waals surface area contributed by atoms with Crippen LogP contribution in [0.1, 0.15) is 30.9 Å². The Morgan fingerprint density at radius 1 is 1.07 bits per heavy atom. The Kier molecular flexibility index (Phi) is 5.56. The molecule has 5 nitrogen and oxygen atoms in total. The number of nitrogens with zero attached hydrogens (tertiary/aromatic N) is 2. The van der Waals surface area contributed by atoms with Gasteiger partial charge in [0.05, 0.1) is 18.4 Å². The van der Waals surface area contributed by atoms with Crippen molar-refractivity contribution in [3.8, 4) is 5.75 Å². The van der Waals surface area contributed by atoms with Crippen molar-refractivity contribution in [2.24, 2.45) is 5.92 Å². The Bertz CT molecular complexity index is 1030. The molecule has 2 aromatic carbocycles. The van der Waals surface area contributed by atoms with E-state index in [0.717, 1.165) is 25.9 Å². The molecule has 1 unspecified atom stereocenters. The van der Waals surface area contributed by atoms with E-state index >= 15 is 0 Å². The van der Waals surface area contributed by atoms with E-state index in [0.29, 0.717) is 44.8 Å². The highest BCUT2D eigenvalue weighted by atomic mass is 35.5. The van der Waals surface area contributed by atoms with Gasteiger partial charge in [-0.15, -0.1) is 0 Å². The molecule has 2 aromatic rings. The lowest BCUT2D eigenvalue weighted by Crippen LogP contribution is -2.39. The molecule has 2 amide bonds. The van der Waals surface area contributed by atoms with Gasteiger partial charge < -0.3 is 9.64 Å². The third-order valence-corrected chi connectivity index (χ3v) is 6.30. The van der Waals surface area contributed by atoms with Crippen LogP contribution in [0, 0.1) is 12.8 Å². The first-order chi connectivity index (χ1) is 14.4. The molecule has 1 atom stereocenters. The molecule has 1 saturated heterocycles. The standard InChI is InChI=1S/C24H25ClN2O3/c1-15-6-5-13-26(14-15)22-21(17-9-11-18(30-3)12-10-17)23(28)27(24(22)29)20-8-4-7-19(25)16(20)2/h4,7-12,15H,5-6,13-14H2,1-3H3. The summed E-state index contributed by atoms with van der Waals surface area (Å²) in [5.74, 6) is 0.564. The van der Waals surface area contributed by atoms with Crippen molar-refractivity contribution in [2.75, 3.05) is 25.1 Å².